The number of hydrogen-bond donors (Lipinski definition) is 2. The smallest absolute Gasteiger partial charge is 0.311 e. The monoisotopic (exact) mass is 240 g/mol. The van der Waals surface area contributed by atoms with Gasteiger partial charge in [-0.2, -0.15) is 0 Å². The van der Waals surface area contributed by atoms with Gasteiger partial charge in [-0.1, -0.05) is 6.07 Å². The second kappa shape index (κ2) is 6.17. The molecule has 1 rings (SSSR count). The summed E-state index contributed by atoms with van der Waals surface area (Å²) in [6.45, 7) is 2.12. The van der Waals surface area contributed by atoms with Crippen molar-refractivity contribution in [2.75, 3.05) is 6.61 Å². The van der Waals surface area contributed by atoms with Crippen LogP contribution in [0.1, 0.15) is 18.9 Å². The lowest BCUT2D eigenvalue weighted by molar-refractivity contribution is -0.385. The van der Waals surface area contributed by atoms with Gasteiger partial charge < -0.3 is 15.6 Å². The molecule has 0 bridgehead atoms. The summed E-state index contributed by atoms with van der Waals surface area (Å²) in [6, 6.07) is 4.62. The summed E-state index contributed by atoms with van der Waals surface area (Å²) in [5, 5.41) is 19.9. The van der Waals surface area contributed by atoms with Gasteiger partial charge in [0.15, 0.2) is 5.75 Å². The maximum atomic E-state index is 10.8. The van der Waals surface area contributed by atoms with E-state index in [1.807, 2.05) is 0 Å². The van der Waals surface area contributed by atoms with Crippen LogP contribution in [-0.4, -0.2) is 22.7 Å². The summed E-state index contributed by atoms with van der Waals surface area (Å²) < 4.78 is 5.27. The van der Waals surface area contributed by atoms with Crippen molar-refractivity contribution in [1.29, 1.82) is 0 Å². The Morgan fingerprint density at radius 1 is 1.59 bits per heavy atom. The lowest BCUT2D eigenvalue weighted by Gasteiger charge is -2.08. The fourth-order valence-corrected chi connectivity index (χ4v) is 1.29. The number of aliphatic hydroxyl groups excluding tert-OH is 1. The fourth-order valence-electron chi connectivity index (χ4n) is 1.29. The zero-order valence-electron chi connectivity index (χ0n) is 9.63. The van der Waals surface area contributed by atoms with E-state index < -0.39 is 11.0 Å². The van der Waals surface area contributed by atoms with Gasteiger partial charge in [-0.25, -0.2) is 0 Å². The second-order valence-electron chi connectivity index (χ2n) is 3.75. The molecule has 0 aromatic heterocycles. The molecule has 0 fully saturated rings. The molecule has 1 aromatic rings. The molecule has 1 atom stereocenters. The van der Waals surface area contributed by atoms with Crippen molar-refractivity contribution in [3.63, 3.8) is 0 Å². The number of aliphatic hydroxyl groups is 1. The molecule has 6 heteroatoms. The number of ether oxygens (including phenoxy) is 1. The van der Waals surface area contributed by atoms with Gasteiger partial charge in [-0.15, -0.1) is 0 Å². The Morgan fingerprint density at radius 2 is 2.29 bits per heavy atom. The van der Waals surface area contributed by atoms with Crippen LogP contribution in [0.4, 0.5) is 5.69 Å². The zero-order chi connectivity index (χ0) is 12.8. The second-order valence-corrected chi connectivity index (χ2v) is 3.75. The van der Waals surface area contributed by atoms with Gasteiger partial charge in [0, 0.05) is 19.0 Å². The number of nitro groups is 1. The summed E-state index contributed by atoms with van der Waals surface area (Å²) in [7, 11) is 0. The van der Waals surface area contributed by atoms with Gasteiger partial charge in [-0.05, 0) is 18.6 Å². The third kappa shape index (κ3) is 4.01. The molecule has 0 radical (unpaired) electrons. The molecule has 0 amide bonds. The molecule has 17 heavy (non-hydrogen) atoms. The maximum Gasteiger partial charge on any atom is 0.311 e. The van der Waals surface area contributed by atoms with Crippen molar-refractivity contribution < 1.29 is 14.8 Å². The van der Waals surface area contributed by atoms with Crippen LogP contribution in [-0.2, 0) is 6.54 Å². The van der Waals surface area contributed by atoms with Crippen molar-refractivity contribution in [2.45, 2.75) is 26.0 Å². The van der Waals surface area contributed by atoms with Crippen LogP contribution in [0.15, 0.2) is 18.2 Å². The van der Waals surface area contributed by atoms with E-state index >= 15 is 0 Å². The van der Waals surface area contributed by atoms with Gasteiger partial charge in [0.1, 0.15) is 0 Å². The van der Waals surface area contributed by atoms with Crippen LogP contribution in [0.25, 0.3) is 0 Å². The first-order chi connectivity index (χ1) is 8.04. The first-order valence-electron chi connectivity index (χ1n) is 5.33. The normalized spacial score (nSPS) is 12.2. The number of nitrogens with two attached hydrogens (primary N) is 1. The van der Waals surface area contributed by atoms with Crippen LogP contribution >= 0.6 is 0 Å². The van der Waals surface area contributed by atoms with Gasteiger partial charge >= 0.3 is 5.69 Å². The maximum absolute atomic E-state index is 10.8. The quantitative estimate of drug-likeness (QED) is 0.575. The van der Waals surface area contributed by atoms with Gasteiger partial charge in [-0.3, -0.25) is 10.1 Å². The lowest BCUT2D eigenvalue weighted by Crippen LogP contribution is -2.08. The third-order valence-electron chi connectivity index (χ3n) is 2.25. The highest BCUT2D eigenvalue weighted by atomic mass is 16.6. The zero-order valence-corrected chi connectivity index (χ0v) is 9.63. The van der Waals surface area contributed by atoms with Gasteiger partial charge in [0.05, 0.1) is 17.6 Å². The van der Waals surface area contributed by atoms with E-state index in [1.54, 1.807) is 13.0 Å². The lowest BCUT2D eigenvalue weighted by atomic mass is 10.2. The Labute approximate surface area is 99.2 Å². The molecule has 0 saturated heterocycles. The summed E-state index contributed by atoms with van der Waals surface area (Å²) in [6.07, 6.45) is -0.0622. The number of hydrogen-bond acceptors (Lipinski definition) is 5. The van der Waals surface area contributed by atoms with E-state index in [-0.39, 0.29) is 24.6 Å². The number of nitro benzene ring substituents is 1. The van der Waals surface area contributed by atoms with Crippen LogP contribution in [0.2, 0.25) is 0 Å². The minimum Gasteiger partial charge on any atom is -0.487 e. The summed E-state index contributed by atoms with van der Waals surface area (Å²) >= 11 is 0. The van der Waals surface area contributed by atoms with Crippen LogP contribution in [0.3, 0.4) is 0 Å². The largest absolute Gasteiger partial charge is 0.487 e. The molecular weight excluding hydrogens is 224 g/mol. The van der Waals surface area contributed by atoms with Crippen molar-refractivity contribution >= 4 is 5.69 Å². The molecule has 0 aliphatic rings. The molecule has 0 saturated carbocycles. The Kier molecular flexibility index (Phi) is 4.86. The SMILES string of the molecule is CC(O)CCOc1ccc(CN)cc1[N+](=O)[O-]. The van der Waals surface area contributed by atoms with Crippen LogP contribution in [0.5, 0.6) is 5.75 Å². The Bertz CT molecular complexity index is 393. The minimum atomic E-state index is -0.503. The van der Waals surface area contributed by atoms with Crippen molar-refractivity contribution in [2.24, 2.45) is 5.73 Å². The number of nitrogens with zero attached hydrogens (tertiary/aromatic N) is 1. The minimum absolute atomic E-state index is 0.0986. The standard InChI is InChI=1S/C11H16N2O4/c1-8(14)4-5-17-11-3-2-9(7-12)6-10(11)13(15)16/h2-3,6,8,14H,4-5,7,12H2,1H3. The highest BCUT2D eigenvalue weighted by Crippen LogP contribution is 2.27. The molecule has 94 valence electrons. The first-order valence-corrected chi connectivity index (χ1v) is 5.33. The Morgan fingerprint density at radius 3 is 2.82 bits per heavy atom. The molecule has 0 aliphatic heterocycles. The summed E-state index contributed by atoms with van der Waals surface area (Å²) in [5.41, 5.74) is 5.99. The highest BCUT2D eigenvalue weighted by molar-refractivity contribution is 5.48. The van der Waals surface area contributed by atoms with Crippen molar-refractivity contribution in [1.82, 2.24) is 0 Å². The third-order valence-corrected chi connectivity index (χ3v) is 2.25. The Balaban J connectivity index is 2.80. The molecule has 0 heterocycles. The molecule has 0 spiro atoms. The van der Waals surface area contributed by atoms with E-state index in [2.05, 4.69) is 0 Å². The molecule has 3 N–H and O–H groups in total. The molecule has 6 nitrogen and oxygen atoms in total. The molecule has 1 aromatic carbocycles. The van der Waals surface area contributed by atoms with E-state index in [0.717, 1.165) is 0 Å². The predicted octanol–water partition coefficient (Wildman–Crippen LogP) is 1.20. The van der Waals surface area contributed by atoms with Crippen molar-refractivity contribution in [3.05, 3.63) is 33.9 Å². The van der Waals surface area contributed by atoms with E-state index in [4.69, 9.17) is 15.6 Å². The molecule has 1 unspecified atom stereocenters. The fraction of sp³-hybridized carbons (Fsp3) is 0.455. The average molecular weight is 240 g/mol. The number of rotatable bonds is 6. The molecule has 0 aliphatic carbocycles. The van der Waals surface area contributed by atoms with Gasteiger partial charge in [0.2, 0.25) is 0 Å². The first kappa shape index (κ1) is 13.4. The van der Waals surface area contributed by atoms with E-state index in [0.29, 0.717) is 12.0 Å². The van der Waals surface area contributed by atoms with Crippen LogP contribution < -0.4 is 10.5 Å². The van der Waals surface area contributed by atoms with Crippen molar-refractivity contribution in [3.8, 4) is 5.75 Å². The van der Waals surface area contributed by atoms with E-state index in [1.165, 1.54) is 12.1 Å². The van der Waals surface area contributed by atoms with Gasteiger partial charge in [0.25, 0.3) is 0 Å². The summed E-state index contributed by atoms with van der Waals surface area (Å²) in [4.78, 5) is 10.3. The average Bonchev–Trinajstić information content (AvgIpc) is 2.28. The number of benzene rings is 1. The topological polar surface area (TPSA) is 98.6 Å². The summed E-state index contributed by atoms with van der Waals surface area (Å²) in [5.74, 6) is 0.202. The highest BCUT2D eigenvalue weighted by Gasteiger charge is 2.15. The molecular formula is C11H16N2O4. The Hall–Kier alpha value is -1.66. The predicted molar refractivity (Wildman–Crippen MR) is 62.8 cm³/mol. The van der Waals surface area contributed by atoms with E-state index in [9.17, 15) is 10.1 Å². The van der Waals surface area contributed by atoms with Crippen LogP contribution in [0, 0.1) is 10.1 Å².